The summed E-state index contributed by atoms with van der Waals surface area (Å²) in [5.41, 5.74) is -0.491. The maximum atomic E-state index is 14.5. The molecule has 0 N–H and O–H groups in total. The number of esters is 1. The topological polar surface area (TPSA) is 190 Å². The predicted molar refractivity (Wildman–Crippen MR) is 198 cm³/mol. The lowest BCUT2D eigenvalue weighted by atomic mass is 10.1. The lowest BCUT2D eigenvalue weighted by Gasteiger charge is -2.37. The number of carbonyl (C=O) groups is 2. The number of hydrogen-bond acceptors (Lipinski definition) is 16. The van der Waals surface area contributed by atoms with Crippen LogP contribution in [0, 0.1) is 0 Å². The molecule has 0 radical (unpaired) electrons. The summed E-state index contributed by atoms with van der Waals surface area (Å²) in [6.45, 7) is 12.9. The van der Waals surface area contributed by atoms with Crippen LogP contribution in [0.1, 0.15) is 87.3 Å². The second kappa shape index (κ2) is 18.0. The molecule has 1 saturated carbocycles. The summed E-state index contributed by atoms with van der Waals surface area (Å²) in [7, 11) is -2.94. The van der Waals surface area contributed by atoms with Gasteiger partial charge in [-0.2, -0.15) is 15.1 Å². The normalized spacial score (nSPS) is 23.9. The van der Waals surface area contributed by atoms with E-state index >= 15 is 0 Å². The first-order valence-corrected chi connectivity index (χ1v) is 20.7. The van der Waals surface area contributed by atoms with Crippen molar-refractivity contribution in [3.8, 4) is 0 Å². The van der Waals surface area contributed by atoms with Crippen molar-refractivity contribution in [3.05, 3.63) is 11.5 Å². The van der Waals surface area contributed by atoms with Crippen molar-refractivity contribution in [3.63, 3.8) is 0 Å². The van der Waals surface area contributed by atoms with Crippen molar-refractivity contribution in [1.29, 1.82) is 0 Å². The molecule has 55 heavy (non-hydrogen) atoms. The van der Waals surface area contributed by atoms with Gasteiger partial charge in [0.15, 0.2) is 23.5 Å². The zero-order valence-corrected chi connectivity index (χ0v) is 34.8. The van der Waals surface area contributed by atoms with Crippen LogP contribution in [0.15, 0.2) is 6.20 Å². The highest BCUT2D eigenvalue weighted by atomic mass is 35.5. The van der Waals surface area contributed by atoms with Crippen molar-refractivity contribution in [2.45, 2.75) is 128 Å². The van der Waals surface area contributed by atoms with Gasteiger partial charge in [0, 0.05) is 13.2 Å². The summed E-state index contributed by atoms with van der Waals surface area (Å²) >= 11 is 6.57. The largest absolute Gasteiger partial charge is 0.463 e. The monoisotopic (exact) mass is 819 g/mol. The number of hydrogen-bond donors (Lipinski definition) is 0. The van der Waals surface area contributed by atoms with Crippen LogP contribution in [-0.4, -0.2) is 126 Å². The molecule has 2 saturated heterocycles. The smallest absolute Gasteiger partial charge is 0.416 e. The van der Waals surface area contributed by atoms with Crippen LogP contribution >= 0.6 is 19.2 Å². The standard InChI is InChI=1S/C35H55ClN5O13P/c1-10-47-30(42)35(21-46-18-17-45-9,55(44,49-11-2)50-12-3)48-20-24-25-26(53-34(7,8)52-25)29(51-24)41-28-23(19-37-41)27(38-31(36)39-28)40(22-15-13-14-16-22)32(43)54-33(4,5)6/h19,22,24-26,29H,10-18,20-21H2,1-9H3/t24-,25-,26-,29?,35?/m1/s1. The Kier molecular flexibility index (Phi) is 14.2. The van der Waals surface area contributed by atoms with Crippen LogP contribution in [0.3, 0.4) is 0 Å². The van der Waals surface area contributed by atoms with Crippen molar-refractivity contribution < 1.29 is 61.1 Å². The summed E-state index contributed by atoms with van der Waals surface area (Å²) in [6.07, 6.45) is 0.940. The maximum Gasteiger partial charge on any atom is 0.416 e. The Hall–Kier alpha value is -2.51. The van der Waals surface area contributed by atoms with Gasteiger partial charge < -0.3 is 46.9 Å². The van der Waals surface area contributed by atoms with Crippen molar-refractivity contribution >= 4 is 48.1 Å². The minimum Gasteiger partial charge on any atom is -0.463 e. The molecule has 0 spiro atoms. The Morgan fingerprint density at radius 2 is 1.71 bits per heavy atom. The molecule has 3 fully saturated rings. The van der Waals surface area contributed by atoms with Crippen molar-refractivity contribution in [2.24, 2.45) is 0 Å². The molecule has 0 bridgehead atoms. The number of nitrogens with zero attached hydrogens (tertiary/aromatic N) is 5. The number of amides is 1. The number of fused-ring (bicyclic) bond motifs is 2. The fraction of sp³-hybridized carbons (Fsp3) is 0.800. The van der Waals surface area contributed by atoms with Crippen LogP contribution in [0.2, 0.25) is 5.28 Å². The van der Waals surface area contributed by atoms with E-state index in [4.69, 9.17) is 58.5 Å². The number of anilines is 1. The highest BCUT2D eigenvalue weighted by Crippen LogP contribution is 2.61. The zero-order chi connectivity index (χ0) is 40.2. The number of carbonyl (C=O) groups excluding carboxylic acids is 2. The fourth-order valence-corrected chi connectivity index (χ4v) is 9.06. The Balaban J connectivity index is 1.53. The number of rotatable bonds is 18. The van der Waals surface area contributed by atoms with Crippen LogP contribution in [0.25, 0.3) is 11.0 Å². The van der Waals surface area contributed by atoms with E-state index in [1.165, 1.54) is 11.8 Å². The van der Waals surface area contributed by atoms with Crippen LogP contribution in [0.4, 0.5) is 10.6 Å². The number of methoxy groups -OCH3 is 1. The Morgan fingerprint density at radius 1 is 1.04 bits per heavy atom. The van der Waals surface area contributed by atoms with Crippen LogP contribution in [0.5, 0.6) is 0 Å². The van der Waals surface area contributed by atoms with E-state index in [2.05, 4.69) is 15.1 Å². The van der Waals surface area contributed by atoms with E-state index in [-0.39, 0.29) is 62.4 Å². The maximum absolute atomic E-state index is 14.5. The molecule has 2 aromatic heterocycles. The lowest BCUT2D eigenvalue weighted by Crippen LogP contribution is -2.50. The van der Waals surface area contributed by atoms with Gasteiger partial charge in [0.2, 0.25) is 5.28 Å². The molecule has 1 amide bonds. The second-order valence-electron chi connectivity index (χ2n) is 14.8. The zero-order valence-electron chi connectivity index (χ0n) is 33.1. The Bertz CT molecular complexity index is 1680. The molecule has 4 heterocycles. The van der Waals surface area contributed by atoms with Gasteiger partial charge in [0.05, 0.1) is 57.8 Å². The second-order valence-corrected chi connectivity index (χ2v) is 17.3. The molecule has 2 unspecified atom stereocenters. The van der Waals surface area contributed by atoms with Gasteiger partial charge >= 0.3 is 19.7 Å². The molecule has 20 heteroatoms. The van der Waals surface area contributed by atoms with Gasteiger partial charge in [-0.25, -0.2) is 14.3 Å². The van der Waals surface area contributed by atoms with Crippen LogP contribution in [-0.2, 0) is 56.3 Å². The third-order valence-electron chi connectivity index (χ3n) is 9.13. The molecule has 5 atom stereocenters. The minimum absolute atomic E-state index is 0.0436. The quantitative estimate of drug-likeness (QED) is 0.0760. The SMILES string of the molecule is CCOC(=O)C(COCCOC)(OC[C@H]1OC(n2ncc3c(N(C(=O)OC(C)(C)C)C4CCCC4)nc(Cl)nc32)[C@@H]2OC(C)(C)O[C@H]12)P(=O)(OCC)OCC. The molecule has 2 aromatic rings. The van der Waals surface area contributed by atoms with E-state index in [1.54, 1.807) is 66.5 Å². The van der Waals surface area contributed by atoms with Gasteiger partial charge in [-0.15, -0.1) is 0 Å². The van der Waals surface area contributed by atoms with E-state index in [1.807, 2.05) is 0 Å². The van der Waals surface area contributed by atoms with Crippen molar-refractivity contribution in [1.82, 2.24) is 19.7 Å². The Labute approximate surface area is 326 Å². The molecule has 310 valence electrons. The molecule has 18 nitrogen and oxygen atoms in total. The summed E-state index contributed by atoms with van der Waals surface area (Å²) in [5, 5.41) is 2.62. The molecule has 0 aromatic carbocycles. The van der Waals surface area contributed by atoms with Crippen molar-refractivity contribution in [2.75, 3.05) is 58.3 Å². The van der Waals surface area contributed by atoms with Gasteiger partial charge in [-0.05, 0) is 79.8 Å². The summed E-state index contributed by atoms with van der Waals surface area (Å²) in [4.78, 5) is 38.1. The minimum atomic E-state index is -4.43. The van der Waals surface area contributed by atoms with E-state index < -0.39 is 67.5 Å². The summed E-state index contributed by atoms with van der Waals surface area (Å²) < 4.78 is 75.1. The van der Waals surface area contributed by atoms with Gasteiger partial charge in [0.25, 0.3) is 5.34 Å². The molecular formula is C35H55ClN5O13P. The number of halogens is 1. The Morgan fingerprint density at radius 3 is 2.33 bits per heavy atom. The average molecular weight is 820 g/mol. The van der Waals surface area contributed by atoms with Gasteiger partial charge in [-0.1, -0.05) is 12.8 Å². The van der Waals surface area contributed by atoms with E-state index in [0.717, 1.165) is 25.7 Å². The average Bonchev–Trinajstić information content (AvgIpc) is 3.89. The number of ether oxygens (including phenoxy) is 8. The molecule has 1 aliphatic carbocycles. The predicted octanol–water partition coefficient (Wildman–Crippen LogP) is 5.79. The third-order valence-corrected chi connectivity index (χ3v) is 11.8. The highest BCUT2D eigenvalue weighted by molar-refractivity contribution is 7.56. The first kappa shape index (κ1) is 43.6. The fourth-order valence-electron chi connectivity index (χ4n) is 6.96. The number of aromatic nitrogens is 4. The van der Waals surface area contributed by atoms with E-state index in [9.17, 15) is 14.2 Å². The summed E-state index contributed by atoms with van der Waals surface area (Å²) in [6, 6.07) is -0.170. The van der Waals surface area contributed by atoms with Crippen LogP contribution < -0.4 is 4.90 Å². The van der Waals surface area contributed by atoms with Gasteiger partial charge in [-0.3, -0.25) is 9.46 Å². The molecule has 5 rings (SSSR count). The highest BCUT2D eigenvalue weighted by Gasteiger charge is 2.63. The third kappa shape index (κ3) is 9.46. The first-order valence-electron chi connectivity index (χ1n) is 18.7. The molecule has 3 aliphatic rings. The first-order chi connectivity index (χ1) is 26.0. The summed E-state index contributed by atoms with van der Waals surface area (Å²) in [5.74, 6) is -1.81. The molecule has 2 aliphatic heterocycles. The van der Waals surface area contributed by atoms with E-state index in [0.29, 0.717) is 5.39 Å². The molecular weight excluding hydrogens is 765 g/mol. The van der Waals surface area contributed by atoms with Gasteiger partial charge in [0.1, 0.15) is 23.9 Å². The lowest BCUT2D eigenvalue weighted by molar-refractivity contribution is -0.210.